The van der Waals surface area contributed by atoms with Crippen LogP contribution in [0.2, 0.25) is 0 Å². The van der Waals surface area contributed by atoms with Crippen molar-refractivity contribution in [2.24, 2.45) is 0 Å². The van der Waals surface area contributed by atoms with Crippen LogP contribution in [0.25, 0.3) is 0 Å². The maximum atomic E-state index is 10.8. The van der Waals surface area contributed by atoms with Crippen LogP contribution in [0.5, 0.6) is 11.9 Å². The van der Waals surface area contributed by atoms with Crippen LogP contribution < -0.4 is 9.47 Å². The molecule has 0 saturated carbocycles. The van der Waals surface area contributed by atoms with E-state index >= 15 is 0 Å². The van der Waals surface area contributed by atoms with Crippen LogP contribution in [-0.2, 0) is 0 Å². The molecule has 86 valence electrons. The zero-order valence-electron chi connectivity index (χ0n) is 8.33. The Kier molecular flexibility index (Phi) is 3.18. The lowest BCUT2D eigenvalue weighted by Gasteiger charge is -2.04. The fraction of sp³-hybridized carbons (Fsp3) is 0.286. The molecule has 1 rings (SSSR count). The number of nitro groups is 1. The minimum Gasteiger partial charge on any atom is -0.476 e. The van der Waals surface area contributed by atoms with E-state index in [4.69, 9.17) is 5.11 Å². The van der Waals surface area contributed by atoms with Crippen molar-refractivity contribution >= 4 is 11.7 Å². The molecule has 0 aliphatic heterocycles. The van der Waals surface area contributed by atoms with Gasteiger partial charge < -0.3 is 14.6 Å². The van der Waals surface area contributed by atoms with Crippen LogP contribution in [0.1, 0.15) is 10.5 Å². The largest absolute Gasteiger partial charge is 0.476 e. The summed E-state index contributed by atoms with van der Waals surface area (Å²) in [5.41, 5.74) is -1.59. The fourth-order valence-electron chi connectivity index (χ4n) is 0.962. The van der Waals surface area contributed by atoms with Gasteiger partial charge in [-0.2, -0.15) is 9.97 Å². The van der Waals surface area contributed by atoms with Crippen LogP contribution in [0, 0.1) is 10.1 Å². The zero-order chi connectivity index (χ0) is 12.3. The second kappa shape index (κ2) is 4.38. The van der Waals surface area contributed by atoms with Crippen LogP contribution in [0.4, 0.5) is 5.69 Å². The van der Waals surface area contributed by atoms with E-state index in [1.807, 2.05) is 0 Å². The molecule has 1 N–H and O–H groups in total. The van der Waals surface area contributed by atoms with E-state index in [1.165, 1.54) is 7.11 Å². The highest BCUT2D eigenvalue weighted by Crippen LogP contribution is 2.29. The van der Waals surface area contributed by atoms with Gasteiger partial charge in [-0.25, -0.2) is 4.79 Å². The number of carboxylic acid groups (broad SMARTS) is 1. The summed E-state index contributed by atoms with van der Waals surface area (Å²) in [5.74, 6) is -2.03. The molecule has 0 unspecified atom stereocenters. The van der Waals surface area contributed by atoms with Gasteiger partial charge >= 0.3 is 23.5 Å². The number of carbonyl (C=O) groups is 1. The summed E-state index contributed by atoms with van der Waals surface area (Å²) >= 11 is 0. The van der Waals surface area contributed by atoms with Gasteiger partial charge in [0.25, 0.3) is 0 Å². The first kappa shape index (κ1) is 11.6. The van der Waals surface area contributed by atoms with Crippen molar-refractivity contribution < 1.29 is 24.3 Å². The van der Waals surface area contributed by atoms with E-state index in [-0.39, 0.29) is 6.01 Å². The molecular weight excluding hydrogens is 222 g/mol. The van der Waals surface area contributed by atoms with Crippen molar-refractivity contribution in [3.63, 3.8) is 0 Å². The summed E-state index contributed by atoms with van der Waals surface area (Å²) in [7, 11) is 2.33. The molecule has 0 spiro atoms. The maximum Gasteiger partial charge on any atom is 0.364 e. The Balaban J connectivity index is 3.53. The van der Waals surface area contributed by atoms with Gasteiger partial charge in [-0.1, -0.05) is 0 Å². The highest BCUT2D eigenvalue weighted by atomic mass is 16.6. The van der Waals surface area contributed by atoms with Gasteiger partial charge in [0, 0.05) is 0 Å². The Morgan fingerprint density at radius 3 is 2.38 bits per heavy atom. The van der Waals surface area contributed by atoms with Gasteiger partial charge in [0.1, 0.15) is 0 Å². The van der Waals surface area contributed by atoms with Crippen LogP contribution in [0.15, 0.2) is 0 Å². The van der Waals surface area contributed by atoms with E-state index in [9.17, 15) is 14.9 Å². The first-order chi connectivity index (χ1) is 7.51. The fourth-order valence-corrected chi connectivity index (χ4v) is 0.962. The predicted octanol–water partition coefficient (Wildman–Crippen LogP) is 0.100. The lowest BCUT2D eigenvalue weighted by Crippen LogP contribution is -2.10. The number of rotatable bonds is 4. The summed E-state index contributed by atoms with van der Waals surface area (Å²) < 4.78 is 9.20. The Labute approximate surface area is 88.8 Å². The summed E-state index contributed by atoms with van der Waals surface area (Å²) in [5, 5.41) is 19.4. The van der Waals surface area contributed by atoms with E-state index in [1.54, 1.807) is 0 Å². The molecule has 0 aliphatic carbocycles. The molecule has 1 aromatic heterocycles. The maximum absolute atomic E-state index is 10.8. The zero-order valence-corrected chi connectivity index (χ0v) is 8.33. The number of aromatic nitrogens is 2. The van der Waals surface area contributed by atoms with Gasteiger partial charge in [0.05, 0.1) is 19.1 Å². The average Bonchev–Trinajstić information content (AvgIpc) is 2.26. The second-order valence-electron chi connectivity index (χ2n) is 2.48. The van der Waals surface area contributed by atoms with E-state index < -0.39 is 28.2 Å². The Morgan fingerprint density at radius 1 is 1.38 bits per heavy atom. The molecular formula is C7H7N3O6. The molecule has 0 bridgehead atoms. The van der Waals surface area contributed by atoms with Crippen molar-refractivity contribution in [2.45, 2.75) is 0 Å². The molecule has 16 heavy (non-hydrogen) atoms. The molecule has 0 radical (unpaired) electrons. The minimum atomic E-state index is -1.56. The molecule has 0 atom stereocenters. The topological polar surface area (TPSA) is 125 Å². The molecule has 1 aromatic rings. The summed E-state index contributed by atoms with van der Waals surface area (Å²) in [6.45, 7) is 0. The number of ether oxygens (including phenoxy) is 2. The third-order valence-corrected chi connectivity index (χ3v) is 1.59. The van der Waals surface area contributed by atoms with Gasteiger partial charge in [0.15, 0.2) is 0 Å². The molecule has 0 saturated heterocycles. The van der Waals surface area contributed by atoms with Gasteiger partial charge in [-0.05, 0) is 0 Å². The Bertz CT molecular complexity index is 446. The Morgan fingerprint density at radius 2 is 2.00 bits per heavy atom. The van der Waals surface area contributed by atoms with Crippen molar-refractivity contribution in [1.82, 2.24) is 9.97 Å². The molecule has 1 heterocycles. The number of methoxy groups -OCH3 is 2. The molecule has 0 amide bonds. The molecule has 9 nitrogen and oxygen atoms in total. The first-order valence-corrected chi connectivity index (χ1v) is 3.89. The van der Waals surface area contributed by atoms with Crippen LogP contribution >= 0.6 is 0 Å². The highest BCUT2D eigenvalue weighted by Gasteiger charge is 2.30. The second-order valence-corrected chi connectivity index (χ2v) is 2.48. The number of nitrogens with zero attached hydrogens (tertiary/aromatic N) is 3. The van der Waals surface area contributed by atoms with Gasteiger partial charge in [-0.3, -0.25) is 10.1 Å². The monoisotopic (exact) mass is 229 g/mol. The van der Waals surface area contributed by atoms with Crippen molar-refractivity contribution in [2.75, 3.05) is 14.2 Å². The van der Waals surface area contributed by atoms with Crippen molar-refractivity contribution in [3.8, 4) is 11.9 Å². The van der Waals surface area contributed by atoms with Crippen molar-refractivity contribution in [1.29, 1.82) is 0 Å². The first-order valence-electron chi connectivity index (χ1n) is 3.89. The van der Waals surface area contributed by atoms with E-state index in [0.717, 1.165) is 7.11 Å². The third kappa shape index (κ3) is 1.97. The third-order valence-electron chi connectivity index (χ3n) is 1.59. The quantitative estimate of drug-likeness (QED) is 0.569. The molecule has 9 heteroatoms. The molecule has 0 aromatic carbocycles. The van der Waals surface area contributed by atoms with E-state index in [0.29, 0.717) is 0 Å². The normalized spacial score (nSPS) is 9.62. The summed E-state index contributed by atoms with van der Waals surface area (Å²) in [6.07, 6.45) is 0. The highest BCUT2D eigenvalue weighted by molar-refractivity contribution is 5.91. The Hall–Kier alpha value is -2.45. The standard InChI is InChI=1S/C7H7N3O6/c1-15-5-4(10(13)14)3(6(11)12)8-7(9-5)16-2/h1-2H3,(H,11,12). The number of aromatic carboxylic acids is 1. The average molecular weight is 229 g/mol. The lowest BCUT2D eigenvalue weighted by atomic mass is 10.3. The predicted molar refractivity (Wildman–Crippen MR) is 48.7 cm³/mol. The molecule has 0 aliphatic rings. The summed E-state index contributed by atoms with van der Waals surface area (Å²) in [6, 6.07) is -0.320. The van der Waals surface area contributed by atoms with Crippen LogP contribution in [-0.4, -0.2) is 40.2 Å². The lowest BCUT2D eigenvalue weighted by molar-refractivity contribution is -0.386. The smallest absolute Gasteiger partial charge is 0.364 e. The number of carboxylic acids is 1. The minimum absolute atomic E-state index is 0.320. The SMILES string of the molecule is COc1nc(OC)c([N+](=O)[O-])c(C(=O)O)n1. The van der Waals surface area contributed by atoms with Crippen molar-refractivity contribution in [3.05, 3.63) is 15.8 Å². The summed E-state index contributed by atoms with van der Waals surface area (Å²) in [4.78, 5) is 27.4. The van der Waals surface area contributed by atoms with Gasteiger partial charge in [0.2, 0.25) is 5.69 Å². The van der Waals surface area contributed by atoms with Crippen LogP contribution in [0.3, 0.4) is 0 Å². The number of hydrogen-bond acceptors (Lipinski definition) is 7. The molecule has 0 fully saturated rings. The van der Waals surface area contributed by atoms with E-state index in [2.05, 4.69) is 19.4 Å². The van der Waals surface area contributed by atoms with Gasteiger partial charge in [-0.15, -0.1) is 0 Å². The number of hydrogen-bond donors (Lipinski definition) is 1.